The molecule has 0 aromatic heterocycles. The molecular weight excluding hydrogens is 299 g/mol. The highest BCUT2D eigenvalue weighted by Crippen LogP contribution is 2.38. The van der Waals surface area contributed by atoms with Crippen molar-refractivity contribution in [2.24, 2.45) is 0 Å². The van der Waals surface area contributed by atoms with Gasteiger partial charge >= 0.3 is 0 Å². The molecule has 5 nitrogen and oxygen atoms in total. The second-order valence-corrected chi connectivity index (χ2v) is 5.39. The number of hydrogen-bond donors (Lipinski definition) is 0. The van der Waals surface area contributed by atoms with E-state index in [1.807, 2.05) is 0 Å². The Balaban J connectivity index is 2.09. The summed E-state index contributed by atoms with van der Waals surface area (Å²) in [6.07, 6.45) is 0.746. The van der Waals surface area contributed by atoms with Crippen molar-refractivity contribution in [1.82, 2.24) is 10.0 Å². The molecule has 0 bridgehead atoms. The summed E-state index contributed by atoms with van der Waals surface area (Å²) in [5.74, 6) is 3.09. The van der Waals surface area contributed by atoms with Crippen LogP contribution in [0.25, 0.3) is 0 Å². The number of hydrogen-bond acceptors (Lipinski definition) is 3. The van der Waals surface area contributed by atoms with Crippen molar-refractivity contribution in [3.05, 3.63) is 29.1 Å². The smallest absolute Gasteiger partial charge is 0.258 e. The number of ether oxygens (including phenoxy) is 1. The van der Waals surface area contributed by atoms with Gasteiger partial charge in [0, 0.05) is 18.7 Å². The number of carbonyl (C=O) groups is 2. The maximum absolute atomic E-state index is 14.6. The fourth-order valence-corrected chi connectivity index (χ4v) is 3.08. The third-order valence-electron chi connectivity index (χ3n) is 3.98. The molecule has 0 atom stereocenters. The minimum Gasteiger partial charge on any atom is -0.493 e. The minimum absolute atomic E-state index is 0.0119. The highest BCUT2D eigenvalue weighted by Gasteiger charge is 2.50. The zero-order valence-electron chi connectivity index (χ0n) is 13.1. The van der Waals surface area contributed by atoms with E-state index in [9.17, 15) is 14.0 Å². The van der Waals surface area contributed by atoms with Gasteiger partial charge in [0.25, 0.3) is 11.8 Å². The first-order valence-corrected chi connectivity index (χ1v) is 7.60. The van der Waals surface area contributed by atoms with Gasteiger partial charge < -0.3 is 4.74 Å². The predicted molar refractivity (Wildman–Crippen MR) is 80.9 cm³/mol. The highest BCUT2D eigenvalue weighted by molar-refractivity contribution is 6.11. The lowest BCUT2D eigenvalue weighted by molar-refractivity contribution is -0.141. The summed E-state index contributed by atoms with van der Waals surface area (Å²) in [4.78, 5) is 25.1. The van der Waals surface area contributed by atoms with E-state index in [2.05, 4.69) is 11.8 Å². The summed E-state index contributed by atoms with van der Waals surface area (Å²) in [5, 5.41) is 2.81. The van der Waals surface area contributed by atoms with Gasteiger partial charge in [0.2, 0.25) is 0 Å². The van der Waals surface area contributed by atoms with Crippen molar-refractivity contribution in [3.8, 4) is 17.6 Å². The van der Waals surface area contributed by atoms with E-state index >= 15 is 0 Å². The number of benzene rings is 1. The maximum atomic E-state index is 14.6. The SMILES string of the molecule is CC#Cc1cc(F)c(C2C(=O)N3CCCN3C2=O)c(OCC)c1. The third-order valence-corrected chi connectivity index (χ3v) is 3.98. The molecule has 1 aromatic carbocycles. The second kappa shape index (κ2) is 5.92. The van der Waals surface area contributed by atoms with Crippen LogP contribution < -0.4 is 4.74 Å². The van der Waals surface area contributed by atoms with Crippen molar-refractivity contribution in [2.75, 3.05) is 19.7 Å². The van der Waals surface area contributed by atoms with Crippen molar-refractivity contribution >= 4 is 11.8 Å². The van der Waals surface area contributed by atoms with Gasteiger partial charge in [0.05, 0.1) is 12.2 Å². The van der Waals surface area contributed by atoms with Crippen LogP contribution in [0, 0.1) is 17.7 Å². The monoisotopic (exact) mass is 316 g/mol. The van der Waals surface area contributed by atoms with Gasteiger partial charge in [-0.25, -0.2) is 4.39 Å². The Bertz CT molecular complexity index is 713. The Labute approximate surface area is 134 Å². The fraction of sp³-hybridized carbons (Fsp3) is 0.412. The van der Waals surface area contributed by atoms with Gasteiger partial charge in [-0.2, -0.15) is 0 Å². The lowest BCUT2D eigenvalue weighted by Gasteiger charge is -2.16. The molecule has 3 rings (SSSR count). The average Bonchev–Trinajstić information content (AvgIpc) is 3.07. The van der Waals surface area contributed by atoms with Crippen LogP contribution in [0.2, 0.25) is 0 Å². The Hall–Kier alpha value is -2.55. The van der Waals surface area contributed by atoms with Crippen LogP contribution in [-0.4, -0.2) is 41.5 Å². The fourth-order valence-electron chi connectivity index (χ4n) is 3.08. The van der Waals surface area contributed by atoms with E-state index in [1.165, 1.54) is 16.1 Å². The Morgan fingerprint density at radius 3 is 2.48 bits per heavy atom. The molecule has 0 unspecified atom stereocenters. The minimum atomic E-state index is -1.17. The van der Waals surface area contributed by atoms with E-state index in [-0.39, 0.29) is 23.1 Å². The number of halogens is 1. The van der Waals surface area contributed by atoms with Crippen molar-refractivity contribution in [3.63, 3.8) is 0 Å². The first kappa shape index (κ1) is 15.3. The molecule has 2 heterocycles. The van der Waals surface area contributed by atoms with Gasteiger partial charge in [-0.05, 0) is 32.4 Å². The molecule has 2 fully saturated rings. The third kappa shape index (κ3) is 2.42. The average molecular weight is 316 g/mol. The lowest BCUT2D eigenvalue weighted by atomic mass is 9.95. The van der Waals surface area contributed by atoms with E-state index in [4.69, 9.17) is 4.74 Å². The molecule has 120 valence electrons. The first-order valence-electron chi connectivity index (χ1n) is 7.60. The molecule has 2 amide bonds. The topological polar surface area (TPSA) is 49.9 Å². The van der Waals surface area contributed by atoms with Gasteiger partial charge in [-0.1, -0.05) is 5.92 Å². The summed E-state index contributed by atoms with van der Waals surface area (Å²) >= 11 is 0. The van der Waals surface area contributed by atoms with Crippen molar-refractivity contribution < 1.29 is 18.7 Å². The summed E-state index contributed by atoms with van der Waals surface area (Å²) in [6.45, 7) is 4.70. The number of hydrazine groups is 1. The molecule has 2 saturated heterocycles. The molecular formula is C17H17FN2O3. The second-order valence-electron chi connectivity index (χ2n) is 5.39. The van der Waals surface area contributed by atoms with Crippen LogP contribution in [0.3, 0.4) is 0 Å². The van der Waals surface area contributed by atoms with Crippen LogP contribution in [0.1, 0.15) is 37.3 Å². The van der Waals surface area contributed by atoms with Gasteiger partial charge in [0.15, 0.2) is 5.92 Å². The van der Waals surface area contributed by atoms with Gasteiger partial charge in [-0.15, -0.1) is 5.92 Å². The van der Waals surface area contributed by atoms with Gasteiger partial charge in [-0.3, -0.25) is 19.6 Å². The summed E-state index contributed by atoms with van der Waals surface area (Å²) in [6, 6.07) is 2.82. The van der Waals surface area contributed by atoms with Crippen molar-refractivity contribution in [1.29, 1.82) is 0 Å². The standard InChI is InChI=1S/C17H17FN2O3/c1-3-6-11-9-12(18)14(13(10-11)23-4-2)15-16(21)19-7-5-8-20(19)17(15)22/h9-10,15H,4-5,7-8H2,1-2H3. The number of rotatable bonds is 3. The normalized spacial score (nSPS) is 17.3. The molecule has 2 aliphatic heterocycles. The van der Waals surface area contributed by atoms with E-state index in [1.54, 1.807) is 19.9 Å². The van der Waals surface area contributed by atoms with Crippen LogP contribution in [0.15, 0.2) is 12.1 Å². The quantitative estimate of drug-likeness (QED) is 0.629. The van der Waals surface area contributed by atoms with Crippen LogP contribution in [0.5, 0.6) is 5.75 Å². The highest BCUT2D eigenvalue weighted by atomic mass is 19.1. The zero-order chi connectivity index (χ0) is 16.6. The lowest BCUT2D eigenvalue weighted by Crippen LogP contribution is -2.33. The molecule has 0 saturated carbocycles. The Kier molecular flexibility index (Phi) is 3.95. The largest absolute Gasteiger partial charge is 0.493 e. The molecule has 1 aromatic rings. The van der Waals surface area contributed by atoms with Crippen LogP contribution >= 0.6 is 0 Å². The molecule has 0 N–H and O–H groups in total. The summed E-state index contributed by atoms with van der Waals surface area (Å²) in [5.41, 5.74) is 0.466. The van der Waals surface area contributed by atoms with Crippen LogP contribution in [0.4, 0.5) is 4.39 Å². The van der Waals surface area contributed by atoms with E-state index in [0.717, 1.165) is 6.42 Å². The van der Waals surface area contributed by atoms with Crippen LogP contribution in [-0.2, 0) is 9.59 Å². The molecule has 0 radical (unpaired) electrons. The van der Waals surface area contributed by atoms with E-state index in [0.29, 0.717) is 25.3 Å². The molecule has 6 heteroatoms. The maximum Gasteiger partial charge on any atom is 0.258 e. The van der Waals surface area contributed by atoms with Gasteiger partial charge in [0.1, 0.15) is 11.6 Å². The molecule has 0 aliphatic carbocycles. The Morgan fingerprint density at radius 2 is 1.91 bits per heavy atom. The number of nitrogens with zero attached hydrogens (tertiary/aromatic N) is 2. The summed E-state index contributed by atoms with van der Waals surface area (Å²) in [7, 11) is 0. The van der Waals surface area contributed by atoms with E-state index < -0.39 is 11.7 Å². The first-order chi connectivity index (χ1) is 11.1. The number of fused-ring (bicyclic) bond motifs is 1. The Morgan fingerprint density at radius 1 is 1.26 bits per heavy atom. The molecule has 23 heavy (non-hydrogen) atoms. The zero-order valence-corrected chi connectivity index (χ0v) is 13.1. The molecule has 2 aliphatic rings. The van der Waals surface area contributed by atoms with Crippen molar-refractivity contribution in [2.45, 2.75) is 26.2 Å². The number of amides is 2. The number of carbonyl (C=O) groups excluding carboxylic acids is 2. The summed E-state index contributed by atoms with van der Waals surface area (Å²) < 4.78 is 20.1. The predicted octanol–water partition coefficient (Wildman–Crippen LogP) is 1.67. The molecule has 0 spiro atoms.